The number of hydrogen-bond acceptors (Lipinski definition) is 4. The molecule has 0 saturated heterocycles. The highest BCUT2D eigenvalue weighted by Gasteiger charge is 2.04. The number of primary sulfonamides is 1. The van der Waals surface area contributed by atoms with Gasteiger partial charge in [-0.1, -0.05) is 12.1 Å². The summed E-state index contributed by atoms with van der Waals surface area (Å²) < 4.78 is 21.5. The van der Waals surface area contributed by atoms with Crippen molar-refractivity contribution in [1.82, 2.24) is 0 Å². The highest BCUT2D eigenvalue weighted by molar-refractivity contribution is 7.89. The summed E-state index contributed by atoms with van der Waals surface area (Å²) in [7, 11) is -3.37. The van der Waals surface area contributed by atoms with E-state index >= 15 is 0 Å². The zero-order valence-corrected chi connectivity index (χ0v) is 9.83. The topological polar surface area (TPSA) is 112 Å². The summed E-state index contributed by atoms with van der Waals surface area (Å²) >= 11 is 0. The fourth-order valence-electron chi connectivity index (χ4n) is 1.46. The van der Waals surface area contributed by atoms with Gasteiger partial charge in [-0.15, -0.1) is 0 Å². The van der Waals surface area contributed by atoms with Crippen LogP contribution in [0.2, 0.25) is 0 Å². The summed E-state index contributed by atoms with van der Waals surface area (Å²) in [6.07, 6.45) is 1.14. The molecular formula is C10H17N3O2S. The summed E-state index contributed by atoms with van der Waals surface area (Å²) in [5.41, 5.74) is 13.8. The monoisotopic (exact) mass is 243 g/mol. The minimum Gasteiger partial charge on any atom is -0.398 e. The Hall–Kier alpha value is -1.11. The first-order valence-electron chi connectivity index (χ1n) is 5.00. The van der Waals surface area contributed by atoms with Crippen LogP contribution in [0.1, 0.15) is 17.5 Å². The second-order valence-corrected chi connectivity index (χ2v) is 5.44. The molecule has 1 aromatic rings. The van der Waals surface area contributed by atoms with Gasteiger partial charge >= 0.3 is 0 Å². The van der Waals surface area contributed by atoms with Crippen molar-refractivity contribution in [3.05, 3.63) is 29.3 Å². The van der Waals surface area contributed by atoms with Gasteiger partial charge in [0, 0.05) is 12.2 Å². The summed E-state index contributed by atoms with van der Waals surface area (Å²) in [4.78, 5) is 0. The number of aryl methyl sites for hydroxylation is 1. The lowest BCUT2D eigenvalue weighted by molar-refractivity contribution is 0.595. The molecule has 0 unspecified atom stereocenters. The number of rotatable bonds is 5. The maximum absolute atomic E-state index is 10.7. The molecule has 0 aliphatic carbocycles. The minimum atomic E-state index is -3.37. The van der Waals surface area contributed by atoms with E-state index in [1.165, 1.54) is 0 Å². The standard InChI is InChI=1S/C10H17N3O2S/c11-7-9-4-3-8(6-10(9)12)2-1-5-16(13,14)15/h3-4,6H,1-2,5,7,11-12H2,(H2,13,14,15). The van der Waals surface area contributed by atoms with Crippen LogP contribution in [0.5, 0.6) is 0 Å². The number of anilines is 1. The second kappa shape index (κ2) is 5.29. The fraction of sp³-hybridized carbons (Fsp3) is 0.400. The average Bonchev–Trinajstić information content (AvgIpc) is 2.16. The van der Waals surface area contributed by atoms with Gasteiger partial charge in [0.25, 0.3) is 0 Å². The maximum atomic E-state index is 10.7. The molecule has 1 rings (SSSR count). The molecule has 0 atom stereocenters. The van der Waals surface area contributed by atoms with E-state index in [1.807, 2.05) is 18.2 Å². The molecule has 5 nitrogen and oxygen atoms in total. The predicted molar refractivity (Wildman–Crippen MR) is 65.0 cm³/mol. The third kappa shape index (κ3) is 4.18. The maximum Gasteiger partial charge on any atom is 0.209 e. The highest BCUT2D eigenvalue weighted by atomic mass is 32.2. The van der Waals surface area contributed by atoms with Crippen molar-refractivity contribution in [1.29, 1.82) is 0 Å². The second-order valence-electron chi connectivity index (χ2n) is 3.71. The number of nitrogen functional groups attached to an aromatic ring is 1. The highest BCUT2D eigenvalue weighted by Crippen LogP contribution is 2.15. The SMILES string of the molecule is NCc1ccc(CCCS(N)(=O)=O)cc1N. The van der Waals surface area contributed by atoms with E-state index in [2.05, 4.69) is 0 Å². The van der Waals surface area contributed by atoms with Gasteiger partial charge in [-0.05, 0) is 30.0 Å². The predicted octanol–water partition coefficient (Wildman–Crippen LogP) is -0.0514. The molecule has 1 aromatic carbocycles. The van der Waals surface area contributed by atoms with E-state index in [1.54, 1.807) is 0 Å². The Morgan fingerprint density at radius 1 is 1.25 bits per heavy atom. The van der Waals surface area contributed by atoms with Crippen molar-refractivity contribution in [2.75, 3.05) is 11.5 Å². The fourth-order valence-corrected chi connectivity index (χ4v) is 2.01. The normalized spacial score (nSPS) is 11.6. The van der Waals surface area contributed by atoms with Crippen molar-refractivity contribution in [3.8, 4) is 0 Å². The molecule has 0 aromatic heterocycles. The molecule has 6 N–H and O–H groups in total. The molecule has 0 saturated carbocycles. The molecule has 0 spiro atoms. The lowest BCUT2D eigenvalue weighted by atomic mass is 10.1. The molecule has 0 amide bonds. The summed E-state index contributed by atoms with van der Waals surface area (Å²) in [6, 6.07) is 5.59. The van der Waals surface area contributed by atoms with Crippen molar-refractivity contribution < 1.29 is 8.42 Å². The average molecular weight is 243 g/mol. The quantitative estimate of drug-likeness (QED) is 0.629. The Balaban J connectivity index is 2.59. The Kier molecular flexibility index (Phi) is 4.28. The van der Waals surface area contributed by atoms with Gasteiger partial charge in [0.2, 0.25) is 10.0 Å². The molecule has 6 heteroatoms. The van der Waals surface area contributed by atoms with Gasteiger partial charge in [0.15, 0.2) is 0 Å². The van der Waals surface area contributed by atoms with Crippen molar-refractivity contribution in [2.24, 2.45) is 10.9 Å². The Labute approximate surface area is 95.7 Å². The lowest BCUT2D eigenvalue weighted by Gasteiger charge is -2.06. The van der Waals surface area contributed by atoms with E-state index in [-0.39, 0.29) is 5.75 Å². The van der Waals surface area contributed by atoms with Crippen molar-refractivity contribution >= 4 is 15.7 Å². The van der Waals surface area contributed by atoms with Crippen LogP contribution in [0, 0.1) is 0 Å². The number of benzene rings is 1. The van der Waals surface area contributed by atoms with E-state index in [4.69, 9.17) is 16.6 Å². The molecule has 0 bridgehead atoms. The van der Waals surface area contributed by atoms with Crippen LogP contribution in [0.25, 0.3) is 0 Å². The van der Waals surface area contributed by atoms with E-state index in [9.17, 15) is 8.42 Å². The first kappa shape index (κ1) is 13.0. The van der Waals surface area contributed by atoms with Crippen LogP contribution in [-0.2, 0) is 23.0 Å². The largest absolute Gasteiger partial charge is 0.398 e. The van der Waals surface area contributed by atoms with Crippen LogP contribution in [0.4, 0.5) is 5.69 Å². The van der Waals surface area contributed by atoms with Gasteiger partial charge in [0.1, 0.15) is 0 Å². The van der Waals surface area contributed by atoms with Crippen LogP contribution in [-0.4, -0.2) is 14.2 Å². The zero-order valence-electron chi connectivity index (χ0n) is 9.02. The van der Waals surface area contributed by atoms with E-state index in [0.717, 1.165) is 11.1 Å². The van der Waals surface area contributed by atoms with Crippen LogP contribution in [0.3, 0.4) is 0 Å². The first-order chi connectivity index (χ1) is 7.42. The Bertz CT molecular complexity index is 457. The molecule has 0 fully saturated rings. The van der Waals surface area contributed by atoms with Crippen molar-refractivity contribution in [2.45, 2.75) is 19.4 Å². The Morgan fingerprint density at radius 2 is 1.94 bits per heavy atom. The molecule has 0 aliphatic rings. The van der Waals surface area contributed by atoms with Crippen molar-refractivity contribution in [3.63, 3.8) is 0 Å². The third-order valence-electron chi connectivity index (χ3n) is 2.32. The van der Waals surface area contributed by atoms with E-state index < -0.39 is 10.0 Å². The molecule has 0 aliphatic heterocycles. The summed E-state index contributed by atoms with van der Waals surface area (Å²) in [5.74, 6) is -0.00839. The van der Waals surface area contributed by atoms with Crippen LogP contribution in [0.15, 0.2) is 18.2 Å². The molecule has 0 heterocycles. The summed E-state index contributed by atoms with van der Waals surface area (Å²) in [5, 5.41) is 4.91. The lowest BCUT2D eigenvalue weighted by Crippen LogP contribution is -2.16. The van der Waals surface area contributed by atoms with E-state index in [0.29, 0.717) is 25.1 Å². The van der Waals surface area contributed by atoms with Gasteiger partial charge in [0.05, 0.1) is 5.75 Å². The number of hydrogen-bond donors (Lipinski definition) is 3. The van der Waals surface area contributed by atoms with Gasteiger partial charge in [-0.25, -0.2) is 13.6 Å². The molecular weight excluding hydrogens is 226 g/mol. The minimum absolute atomic E-state index is 0.00839. The summed E-state index contributed by atoms with van der Waals surface area (Å²) in [6.45, 7) is 0.406. The van der Waals surface area contributed by atoms with Crippen LogP contribution < -0.4 is 16.6 Å². The molecule has 90 valence electrons. The first-order valence-corrected chi connectivity index (χ1v) is 6.72. The Morgan fingerprint density at radius 3 is 2.44 bits per heavy atom. The smallest absolute Gasteiger partial charge is 0.209 e. The third-order valence-corrected chi connectivity index (χ3v) is 3.18. The molecule has 0 radical (unpaired) electrons. The number of sulfonamides is 1. The molecule has 16 heavy (non-hydrogen) atoms. The van der Waals surface area contributed by atoms with Gasteiger partial charge in [-0.3, -0.25) is 0 Å². The number of nitrogens with two attached hydrogens (primary N) is 3. The van der Waals surface area contributed by atoms with Crippen LogP contribution >= 0.6 is 0 Å². The van der Waals surface area contributed by atoms with Gasteiger partial charge in [-0.2, -0.15) is 0 Å². The zero-order chi connectivity index (χ0) is 12.2. The van der Waals surface area contributed by atoms with Gasteiger partial charge < -0.3 is 11.5 Å².